The lowest BCUT2D eigenvalue weighted by atomic mass is 10.1. The fraction of sp³-hybridized carbons (Fsp3) is 0.294. The predicted molar refractivity (Wildman–Crippen MR) is 100 cm³/mol. The molecule has 0 aliphatic carbocycles. The van der Waals surface area contributed by atoms with Crippen LogP contribution in [0.5, 0.6) is 5.75 Å². The average molecular weight is 379 g/mol. The first-order chi connectivity index (χ1) is 12.3. The third-order valence-corrected chi connectivity index (χ3v) is 4.05. The summed E-state index contributed by atoms with van der Waals surface area (Å²) in [6.07, 6.45) is 1.86. The molecule has 2 rings (SSSR count). The standard InChI is InChI=1S/C17H21N3O5S/c1-26(23,24)19-15-4-8-17(9-5-15)25-13-12-18-11-10-14-2-6-16(7-3-14)20(21)22/h2-9,18-19H,10-13H2,1H3. The van der Waals surface area contributed by atoms with Gasteiger partial charge in [0.25, 0.3) is 5.69 Å². The summed E-state index contributed by atoms with van der Waals surface area (Å²) in [5.74, 6) is 0.654. The number of nitro benzene ring substituents is 1. The van der Waals surface area contributed by atoms with E-state index in [0.717, 1.165) is 24.8 Å². The fourth-order valence-corrected chi connectivity index (χ4v) is 2.78. The highest BCUT2D eigenvalue weighted by Gasteiger charge is 2.04. The monoisotopic (exact) mass is 379 g/mol. The second kappa shape index (κ2) is 9.16. The molecule has 9 heteroatoms. The average Bonchev–Trinajstić information content (AvgIpc) is 2.58. The Morgan fingerprint density at radius 3 is 2.27 bits per heavy atom. The van der Waals surface area contributed by atoms with Gasteiger partial charge in [0.05, 0.1) is 11.2 Å². The largest absolute Gasteiger partial charge is 0.492 e. The second-order valence-corrected chi connectivity index (χ2v) is 7.42. The molecule has 2 aromatic carbocycles. The minimum absolute atomic E-state index is 0.0906. The Bertz CT molecular complexity index is 820. The van der Waals surface area contributed by atoms with Crippen molar-refractivity contribution >= 4 is 21.4 Å². The zero-order valence-corrected chi connectivity index (χ0v) is 15.2. The van der Waals surface area contributed by atoms with Crippen molar-refractivity contribution in [2.24, 2.45) is 0 Å². The molecule has 0 unspecified atom stereocenters. The van der Waals surface area contributed by atoms with E-state index in [1.807, 2.05) is 0 Å². The molecular formula is C17H21N3O5S. The van der Waals surface area contributed by atoms with Crippen LogP contribution in [0.1, 0.15) is 5.56 Å². The highest BCUT2D eigenvalue weighted by Crippen LogP contribution is 2.16. The van der Waals surface area contributed by atoms with E-state index in [0.29, 0.717) is 24.6 Å². The quantitative estimate of drug-likeness (QED) is 0.372. The number of hydrogen-bond donors (Lipinski definition) is 2. The molecular weight excluding hydrogens is 358 g/mol. The van der Waals surface area contributed by atoms with E-state index in [9.17, 15) is 18.5 Å². The lowest BCUT2D eigenvalue weighted by Crippen LogP contribution is -2.23. The molecule has 0 spiro atoms. The van der Waals surface area contributed by atoms with Crippen LogP contribution in [0.2, 0.25) is 0 Å². The van der Waals surface area contributed by atoms with Crippen LogP contribution in [0, 0.1) is 10.1 Å². The molecule has 0 saturated carbocycles. The smallest absolute Gasteiger partial charge is 0.269 e. The minimum Gasteiger partial charge on any atom is -0.492 e. The van der Waals surface area contributed by atoms with Gasteiger partial charge in [-0.15, -0.1) is 0 Å². The number of ether oxygens (including phenoxy) is 1. The van der Waals surface area contributed by atoms with Crippen LogP contribution in [0.3, 0.4) is 0 Å². The van der Waals surface area contributed by atoms with Crippen LogP contribution in [0.15, 0.2) is 48.5 Å². The van der Waals surface area contributed by atoms with E-state index >= 15 is 0 Å². The summed E-state index contributed by atoms with van der Waals surface area (Å²) in [6, 6.07) is 13.2. The first kappa shape index (κ1) is 19.7. The molecule has 0 atom stereocenters. The molecule has 0 bridgehead atoms. The van der Waals surface area contributed by atoms with Crippen molar-refractivity contribution in [2.75, 3.05) is 30.7 Å². The van der Waals surface area contributed by atoms with E-state index in [1.54, 1.807) is 36.4 Å². The first-order valence-electron chi connectivity index (χ1n) is 7.98. The number of non-ortho nitro benzene ring substituents is 1. The van der Waals surface area contributed by atoms with Gasteiger partial charge in [0, 0.05) is 24.4 Å². The zero-order valence-electron chi connectivity index (χ0n) is 14.3. The summed E-state index contributed by atoms with van der Waals surface area (Å²) in [5, 5.41) is 13.8. The molecule has 0 fully saturated rings. The molecule has 8 nitrogen and oxygen atoms in total. The van der Waals surface area contributed by atoms with Gasteiger partial charge in [0.2, 0.25) is 10.0 Å². The van der Waals surface area contributed by atoms with Gasteiger partial charge >= 0.3 is 0 Å². The van der Waals surface area contributed by atoms with Crippen molar-refractivity contribution in [3.63, 3.8) is 0 Å². The maximum absolute atomic E-state index is 11.1. The van der Waals surface area contributed by atoms with Gasteiger partial charge in [-0.05, 0) is 42.8 Å². The van der Waals surface area contributed by atoms with Gasteiger partial charge in [-0.3, -0.25) is 14.8 Å². The zero-order chi connectivity index (χ0) is 19.0. The molecule has 0 aromatic heterocycles. The van der Waals surface area contributed by atoms with Crippen molar-refractivity contribution in [2.45, 2.75) is 6.42 Å². The van der Waals surface area contributed by atoms with Gasteiger partial charge < -0.3 is 10.1 Å². The van der Waals surface area contributed by atoms with Crippen molar-refractivity contribution in [3.8, 4) is 5.75 Å². The maximum atomic E-state index is 11.1. The van der Waals surface area contributed by atoms with Gasteiger partial charge in [-0.25, -0.2) is 8.42 Å². The number of anilines is 1. The molecule has 2 aromatic rings. The lowest BCUT2D eigenvalue weighted by Gasteiger charge is -2.09. The Morgan fingerprint density at radius 2 is 1.69 bits per heavy atom. The number of rotatable bonds is 10. The van der Waals surface area contributed by atoms with E-state index < -0.39 is 14.9 Å². The number of sulfonamides is 1. The second-order valence-electron chi connectivity index (χ2n) is 5.67. The molecule has 0 saturated heterocycles. The van der Waals surface area contributed by atoms with Gasteiger partial charge in [0.15, 0.2) is 0 Å². The fourth-order valence-electron chi connectivity index (χ4n) is 2.22. The molecule has 0 heterocycles. The molecule has 140 valence electrons. The Morgan fingerprint density at radius 1 is 1.04 bits per heavy atom. The SMILES string of the molecule is CS(=O)(=O)Nc1ccc(OCCNCCc2ccc([N+](=O)[O-])cc2)cc1. The van der Waals surface area contributed by atoms with Crippen LogP contribution in [0.25, 0.3) is 0 Å². The number of benzene rings is 2. The van der Waals surface area contributed by atoms with Crippen LogP contribution < -0.4 is 14.8 Å². The summed E-state index contributed by atoms with van der Waals surface area (Å²) in [7, 11) is -3.28. The lowest BCUT2D eigenvalue weighted by molar-refractivity contribution is -0.384. The van der Waals surface area contributed by atoms with Gasteiger partial charge in [0.1, 0.15) is 12.4 Å². The van der Waals surface area contributed by atoms with Crippen LogP contribution in [0.4, 0.5) is 11.4 Å². The third-order valence-electron chi connectivity index (χ3n) is 3.44. The minimum atomic E-state index is -3.28. The van der Waals surface area contributed by atoms with Crippen molar-refractivity contribution in [1.82, 2.24) is 5.32 Å². The third kappa shape index (κ3) is 7.08. The number of nitro groups is 1. The Hall–Kier alpha value is -2.65. The van der Waals surface area contributed by atoms with Crippen molar-refractivity contribution < 1.29 is 18.1 Å². The van der Waals surface area contributed by atoms with Crippen LogP contribution >= 0.6 is 0 Å². The van der Waals surface area contributed by atoms with E-state index in [2.05, 4.69) is 10.0 Å². The summed E-state index contributed by atoms with van der Waals surface area (Å²) in [4.78, 5) is 10.2. The highest BCUT2D eigenvalue weighted by atomic mass is 32.2. The molecule has 0 amide bonds. The number of nitrogens with one attached hydrogen (secondary N) is 2. The Balaban J connectivity index is 1.63. The van der Waals surface area contributed by atoms with E-state index in [1.165, 1.54) is 12.1 Å². The summed E-state index contributed by atoms with van der Waals surface area (Å²) in [6.45, 7) is 1.85. The molecule has 0 aliphatic rings. The van der Waals surface area contributed by atoms with Crippen LogP contribution in [-0.2, 0) is 16.4 Å². The summed E-state index contributed by atoms with van der Waals surface area (Å²) in [5.41, 5.74) is 1.60. The predicted octanol–water partition coefficient (Wildman–Crippen LogP) is 2.18. The normalized spacial score (nSPS) is 11.1. The Kier molecular flexibility index (Phi) is 6.93. The number of hydrogen-bond acceptors (Lipinski definition) is 6. The first-order valence-corrected chi connectivity index (χ1v) is 9.87. The highest BCUT2D eigenvalue weighted by molar-refractivity contribution is 7.92. The molecule has 2 N–H and O–H groups in total. The summed E-state index contributed by atoms with van der Waals surface area (Å²) >= 11 is 0. The van der Waals surface area contributed by atoms with Gasteiger partial charge in [-0.2, -0.15) is 0 Å². The van der Waals surface area contributed by atoms with Crippen molar-refractivity contribution in [1.29, 1.82) is 0 Å². The Labute approximate surface area is 152 Å². The molecule has 0 aliphatic heterocycles. The molecule has 26 heavy (non-hydrogen) atoms. The number of nitrogens with zero attached hydrogens (tertiary/aromatic N) is 1. The van der Waals surface area contributed by atoms with E-state index in [4.69, 9.17) is 4.74 Å². The van der Waals surface area contributed by atoms with Crippen LogP contribution in [-0.4, -0.2) is 39.3 Å². The van der Waals surface area contributed by atoms with Crippen molar-refractivity contribution in [3.05, 3.63) is 64.2 Å². The maximum Gasteiger partial charge on any atom is 0.269 e. The summed E-state index contributed by atoms with van der Waals surface area (Å²) < 4.78 is 30.2. The topological polar surface area (TPSA) is 111 Å². The molecule has 0 radical (unpaired) electrons. The van der Waals surface area contributed by atoms with Gasteiger partial charge in [-0.1, -0.05) is 12.1 Å². The van der Waals surface area contributed by atoms with E-state index in [-0.39, 0.29) is 5.69 Å².